The highest BCUT2D eigenvalue weighted by Crippen LogP contribution is 2.08. The second-order valence-electron chi connectivity index (χ2n) is 8.49. The Morgan fingerprint density at radius 2 is 1.52 bits per heavy atom. The molecule has 12 nitrogen and oxygen atoms in total. The van der Waals surface area contributed by atoms with Gasteiger partial charge >= 0.3 is 0 Å². The number of nitrogens with one attached hydrogen (secondary N) is 5. The van der Waals surface area contributed by atoms with E-state index in [1.807, 2.05) is 13.8 Å². The molecule has 0 bridgehead atoms. The van der Waals surface area contributed by atoms with Crippen molar-refractivity contribution in [2.24, 2.45) is 23.1 Å². The minimum atomic E-state index is -0.905. The monoisotopic (exact) mass is 469 g/mol. The number of nitrogens with two attached hydrogens (primary N) is 3. The van der Waals surface area contributed by atoms with Crippen LogP contribution in [0, 0.1) is 11.3 Å². The lowest BCUT2D eigenvalue weighted by molar-refractivity contribution is -0.132. The summed E-state index contributed by atoms with van der Waals surface area (Å²) in [7, 11) is 0. The fourth-order valence-electron chi connectivity index (χ4n) is 3.00. The number of unbranched alkanes of at least 4 members (excludes halogenated alkanes) is 1. The van der Waals surface area contributed by atoms with Gasteiger partial charge in [0.25, 0.3) is 0 Å². The maximum absolute atomic E-state index is 12.9. The highest BCUT2D eigenvalue weighted by atomic mass is 16.2. The Bertz CT molecular complexity index is 642. The van der Waals surface area contributed by atoms with E-state index in [2.05, 4.69) is 21.3 Å². The molecule has 189 valence electrons. The Hall–Kier alpha value is -2.73. The Morgan fingerprint density at radius 1 is 0.909 bits per heavy atom. The Morgan fingerprint density at radius 3 is 2.03 bits per heavy atom. The van der Waals surface area contributed by atoms with Crippen molar-refractivity contribution in [3.8, 4) is 0 Å². The van der Waals surface area contributed by atoms with Gasteiger partial charge in [0, 0.05) is 6.54 Å². The quantitative estimate of drug-likeness (QED) is 0.0698. The summed E-state index contributed by atoms with van der Waals surface area (Å²) in [5.41, 5.74) is 16.4. The first-order chi connectivity index (χ1) is 15.5. The largest absolute Gasteiger partial charge is 0.370 e. The zero-order chi connectivity index (χ0) is 25.4. The highest BCUT2D eigenvalue weighted by Gasteiger charge is 2.28. The summed E-state index contributed by atoms with van der Waals surface area (Å²) in [5, 5.41) is 17.7. The van der Waals surface area contributed by atoms with Gasteiger partial charge in [-0.3, -0.25) is 24.6 Å². The summed E-state index contributed by atoms with van der Waals surface area (Å²) >= 11 is 0. The van der Waals surface area contributed by atoms with E-state index in [-0.39, 0.29) is 11.9 Å². The summed E-state index contributed by atoms with van der Waals surface area (Å²) in [6.45, 7) is 6.15. The molecule has 0 spiro atoms. The van der Waals surface area contributed by atoms with E-state index in [0.717, 1.165) is 0 Å². The summed E-state index contributed by atoms with van der Waals surface area (Å²) < 4.78 is 0. The number of guanidine groups is 1. The number of amides is 3. The molecule has 12 heteroatoms. The highest BCUT2D eigenvalue weighted by molar-refractivity contribution is 5.93. The fraction of sp³-hybridized carbons (Fsp3) is 0.762. The molecule has 0 fully saturated rings. The molecule has 3 amide bonds. The van der Waals surface area contributed by atoms with E-state index in [9.17, 15) is 19.2 Å². The van der Waals surface area contributed by atoms with E-state index in [0.29, 0.717) is 51.6 Å². The number of hydrogen-bond donors (Lipinski definition) is 8. The molecule has 0 rings (SSSR count). The van der Waals surface area contributed by atoms with E-state index in [1.54, 1.807) is 6.29 Å². The SMILES string of the molecule is CC(C)C[C@H](NC(=O)[C@H](C)N)C(=O)N[C@@H](CCCCN)C(=O)N[C@H]([C]=O)CCCNC(=N)N. The van der Waals surface area contributed by atoms with Crippen LogP contribution < -0.4 is 38.5 Å². The zero-order valence-corrected chi connectivity index (χ0v) is 19.9. The number of hydrogen-bond acceptors (Lipinski definition) is 7. The van der Waals surface area contributed by atoms with E-state index < -0.39 is 41.9 Å². The smallest absolute Gasteiger partial charge is 0.243 e. The van der Waals surface area contributed by atoms with Crippen LogP contribution in [0.25, 0.3) is 0 Å². The summed E-state index contributed by atoms with van der Waals surface area (Å²) in [6, 6.07) is -3.40. The average molecular weight is 470 g/mol. The molecule has 0 unspecified atom stereocenters. The van der Waals surface area contributed by atoms with Crippen LogP contribution in [0.3, 0.4) is 0 Å². The number of carbonyl (C=O) groups is 3. The fourth-order valence-corrected chi connectivity index (χ4v) is 3.00. The van der Waals surface area contributed by atoms with Crippen molar-refractivity contribution in [1.82, 2.24) is 21.3 Å². The van der Waals surface area contributed by atoms with Gasteiger partial charge in [-0.2, -0.15) is 0 Å². The van der Waals surface area contributed by atoms with Gasteiger partial charge in [-0.25, -0.2) is 0 Å². The second-order valence-corrected chi connectivity index (χ2v) is 8.49. The standard InChI is InChI=1S/C21H41N8O4/c1-13(2)11-17(29-18(31)14(3)23)20(33)28-16(8-4-5-9-22)19(32)27-15(12-30)7-6-10-26-21(24)25/h13-17H,4-11,22-23H2,1-3H3,(H,27,32)(H,28,33)(H,29,31)(H4,24,25,26)/t14-,15-,16-,17-/m0/s1. The average Bonchev–Trinajstić information content (AvgIpc) is 2.73. The maximum Gasteiger partial charge on any atom is 0.243 e. The first-order valence-electron chi connectivity index (χ1n) is 11.3. The second kappa shape index (κ2) is 16.8. The van der Waals surface area contributed by atoms with Crippen LogP contribution in [0.5, 0.6) is 0 Å². The lowest BCUT2D eigenvalue weighted by Gasteiger charge is -2.25. The van der Waals surface area contributed by atoms with Crippen LogP contribution in [0.4, 0.5) is 0 Å². The normalized spacial score (nSPS) is 14.5. The predicted molar refractivity (Wildman–Crippen MR) is 127 cm³/mol. The van der Waals surface area contributed by atoms with Crippen molar-refractivity contribution < 1.29 is 19.2 Å². The summed E-state index contributed by atoms with van der Waals surface area (Å²) in [5.74, 6) is -1.55. The molecule has 0 aliphatic carbocycles. The molecule has 0 aromatic carbocycles. The van der Waals surface area contributed by atoms with E-state index >= 15 is 0 Å². The van der Waals surface area contributed by atoms with Gasteiger partial charge < -0.3 is 38.5 Å². The van der Waals surface area contributed by atoms with Crippen LogP contribution in [0.15, 0.2) is 0 Å². The first-order valence-corrected chi connectivity index (χ1v) is 11.3. The van der Waals surface area contributed by atoms with Crippen molar-refractivity contribution in [3.63, 3.8) is 0 Å². The maximum atomic E-state index is 12.9. The van der Waals surface area contributed by atoms with Gasteiger partial charge in [0.1, 0.15) is 12.1 Å². The third-order valence-corrected chi connectivity index (χ3v) is 4.78. The molecule has 0 aliphatic heterocycles. The van der Waals surface area contributed by atoms with Crippen molar-refractivity contribution >= 4 is 30.0 Å². The van der Waals surface area contributed by atoms with Gasteiger partial charge in [-0.15, -0.1) is 0 Å². The van der Waals surface area contributed by atoms with E-state index in [4.69, 9.17) is 22.6 Å². The topological polar surface area (TPSA) is 218 Å². The van der Waals surface area contributed by atoms with Crippen LogP contribution >= 0.6 is 0 Å². The van der Waals surface area contributed by atoms with Crippen LogP contribution in [0.1, 0.15) is 59.3 Å². The van der Waals surface area contributed by atoms with Gasteiger partial charge in [0.2, 0.25) is 24.0 Å². The molecule has 0 saturated carbocycles. The third-order valence-electron chi connectivity index (χ3n) is 4.78. The van der Waals surface area contributed by atoms with Gasteiger partial charge in [-0.1, -0.05) is 13.8 Å². The van der Waals surface area contributed by atoms with Crippen molar-refractivity contribution in [1.29, 1.82) is 5.41 Å². The Labute approximate surface area is 196 Å². The minimum absolute atomic E-state index is 0.108. The molecule has 11 N–H and O–H groups in total. The molecule has 0 heterocycles. The number of carbonyl (C=O) groups excluding carboxylic acids is 4. The lowest BCUT2D eigenvalue weighted by Crippen LogP contribution is -2.56. The molecule has 33 heavy (non-hydrogen) atoms. The molecular weight excluding hydrogens is 428 g/mol. The zero-order valence-electron chi connectivity index (χ0n) is 19.9. The molecule has 0 aromatic rings. The third kappa shape index (κ3) is 14.1. The van der Waals surface area contributed by atoms with Crippen molar-refractivity contribution in [2.75, 3.05) is 13.1 Å². The van der Waals surface area contributed by atoms with Crippen LogP contribution in [0.2, 0.25) is 0 Å². The van der Waals surface area contributed by atoms with E-state index in [1.165, 1.54) is 6.92 Å². The van der Waals surface area contributed by atoms with Gasteiger partial charge in [0.05, 0.1) is 12.1 Å². The van der Waals surface area contributed by atoms with Gasteiger partial charge in [-0.05, 0) is 57.9 Å². The first kappa shape index (κ1) is 30.3. The van der Waals surface area contributed by atoms with Crippen molar-refractivity contribution in [3.05, 3.63) is 0 Å². The lowest BCUT2D eigenvalue weighted by atomic mass is 10.0. The molecule has 1 radical (unpaired) electrons. The molecule has 0 saturated heterocycles. The Kier molecular flexibility index (Phi) is 15.4. The summed E-state index contributed by atoms with van der Waals surface area (Å²) in [6.07, 6.45) is 4.50. The van der Waals surface area contributed by atoms with Gasteiger partial charge in [0.15, 0.2) is 5.96 Å². The van der Waals surface area contributed by atoms with Crippen molar-refractivity contribution in [2.45, 2.75) is 83.5 Å². The predicted octanol–water partition coefficient (Wildman–Crippen LogP) is -1.66. The molecule has 0 aliphatic rings. The minimum Gasteiger partial charge on any atom is -0.370 e. The Balaban J connectivity index is 5.22. The summed E-state index contributed by atoms with van der Waals surface area (Å²) in [4.78, 5) is 49.1. The number of rotatable bonds is 17. The molecule has 0 aromatic heterocycles. The van der Waals surface area contributed by atoms with Crippen LogP contribution in [-0.2, 0) is 19.2 Å². The van der Waals surface area contributed by atoms with Crippen LogP contribution in [-0.4, -0.2) is 67.2 Å². The molecule has 4 atom stereocenters. The molecular formula is C21H41N8O4.